The van der Waals surface area contributed by atoms with Crippen molar-refractivity contribution in [2.45, 2.75) is 32.6 Å². The van der Waals surface area contributed by atoms with Crippen molar-refractivity contribution in [2.24, 2.45) is 22.9 Å². The fourth-order valence-electron chi connectivity index (χ4n) is 3.86. The number of nitrogens with zero attached hydrogens (tertiary/aromatic N) is 2. The molecule has 3 unspecified atom stereocenters. The molecule has 1 N–H and O–H groups in total. The van der Waals surface area contributed by atoms with Gasteiger partial charge in [-0.15, -0.1) is 0 Å². The average Bonchev–Trinajstić information content (AvgIpc) is 3.15. The second-order valence-corrected chi connectivity index (χ2v) is 6.25. The van der Waals surface area contributed by atoms with Crippen molar-refractivity contribution in [3.05, 3.63) is 39.9 Å². The zero-order valence-electron chi connectivity index (χ0n) is 12.5. The zero-order valence-corrected chi connectivity index (χ0v) is 12.5. The Labute approximate surface area is 128 Å². The molecule has 0 spiro atoms. The number of carbonyl (C=O) groups excluding carboxylic acids is 1. The van der Waals surface area contributed by atoms with Gasteiger partial charge in [0, 0.05) is 17.7 Å². The van der Waals surface area contributed by atoms with Crippen LogP contribution in [0.15, 0.2) is 29.4 Å². The van der Waals surface area contributed by atoms with Crippen molar-refractivity contribution in [3.8, 4) is 0 Å². The molecule has 2 aliphatic carbocycles. The van der Waals surface area contributed by atoms with Crippen LogP contribution in [0.4, 0.5) is 5.69 Å². The van der Waals surface area contributed by atoms with E-state index in [9.17, 15) is 14.9 Å². The van der Waals surface area contributed by atoms with E-state index in [0.29, 0.717) is 11.8 Å². The lowest BCUT2D eigenvalue weighted by atomic mass is 9.86. The maximum absolute atomic E-state index is 12.1. The van der Waals surface area contributed by atoms with Crippen molar-refractivity contribution >= 4 is 17.3 Å². The topological polar surface area (TPSA) is 84.6 Å². The highest BCUT2D eigenvalue weighted by molar-refractivity contribution is 5.98. The maximum atomic E-state index is 12.1. The van der Waals surface area contributed by atoms with Crippen molar-refractivity contribution in [3.63, 3.8) is 0 Å². The first-order valence-electron chi connectivity index (χ1n) is 7.64. The standard InChI is InChI=1S/C16H19N3O3/c1-10(14-9-11-6-7-12(14)8-11)17-18-16(20)13-4-2-3-5-15(13)19(21)22/h2-5,11-12,14H,6-9H2,1H3,(H,18,20)/b17-10+. The molecule has 3 atom stereocenters. The van der Waals surface area contributed by atoms with Gasteiger partial charge < -0.3 is 0 Å². The van der Waals surface area contributed by atoms with Gasteiger partial charge in [0.15, 0.2) is 0 Å². The number of nitro groups is 1. The molecule has 2 fully saturated rings. The Morgan fingerprint density at radius 2 is 2.09 bits per heavy atom. The largest absolute Gasteiger partial charge is 0.282 e. The zero-order chi connectivity index (χ0) is 15.7. The molecule has 116 valence electrons. The molecule has 2 saturated carbocycles. The molecule has 1 aromatic rings. The first-order valence-corrected chi connectivity index (χ1v) is 7.64. The predicted molar refractivity (Wildman–Crippen MR) is 82.6 cm³/mol. The van der Waals surface area contributed by atoms with E-state index < -0.39 is 10.8 Å². The van der Waals surface area contributed by atoms with Gasteiger partial charge in [-0.1, -0.05) is 18.6 Å². The van der Waals surface area contributed by atoms with Crippen LogP contribution in [0.5, 0.6) is 0 Å². The third-order valence-corrected chi connectivity index (χ3v) is 4.95. The first kappa shape index (κ1) is 14.7. The van der Waals surface area contributed by atoms with E-state index in [1.807, 2.05) is 6.92 Å². The van der Waals surface area contributed by atoms with Crippen LogP contribution in [0.1, 0.15) is 43.0 Å². The van der Waals surface area contributed by atoms with Gasteiger partial charge >= 0.3 is 0 Å². The SMILES string of the molecule is C/C(=N\NC(=O)c1ccccc1[N+](=O)[O-])C1CC2CCC1C2. The van der Waals surface area contributed by atoms with Crippen molar-refractivity contribution in [1.82, 2.24) is 5.43 Å². The molecule has 0 radical (unpaired) electrons. The summed E-state index contributed by atoms with van der Waals surface area (Å²) in [7, 11) is 0. The number of para-hydroxylation sites is 1. The number of nitrogens with one attached hydrogen (secondary N) is 1. The number of hydrogen-bond donors (Lipinski definition) is 1. The third kappa shape index (κ3) is 2.73. The molecule has 6 nitrogen and oxygen atoms in total. The fraction of sp³-hybridized carbons (Fsp3) is 0.500. The molecule has 0 heterocycles. The Balaban J connectivity index is 1.70. The van der Waals surface area contributed by atoms with Crippen molar-refractivity contribution < 1.29 is 9.72 Å². The summed E-state index contributed by atoms with van der Waals surface area (Å²) >= 11 is 0. The van der Waals surface area contributed by atoms with Crippen LogP contribution in [0.2, 0.25) is 0 Å². The van der Waals surface area contributed by atoms with E-state index >= 15 is 0 Å². The average molecular weight is 301 g/mol. The van der Waals surface area contributed by atoms with Crippen LogP contribution in [0, 0.1) is 27.9 Å². The minimum absolute atomic E-state index is 0.0389. The van der Waals surface area contributed by atoms with Gasteiger partial charge in [-0.05, 0) is 44.1 Å². The minimum Gasteiger partial charge on any atom is -0.267 e. The van der Waals surface area contributed by atoms with Crippen molar-refractivity contribution in [1.29, 1.82) is 0 Å². The van der Waals surface area contributed by atoms with E-state index in [0.717, 1.165) is 18.1 Å². The Kier molecular flexibility index (Phi) is 3.92. The maximum Gasteiger partial charge on any atom is 0.282 e. The summed E-state index contributed by atoms with van der Waals surface area (Å²) in [4.78, 5) is 22.5. The number of benzene rings is 1. The lowest BCUT2D eigenvalue weighted by Crippen LogP contribution is -2.25. The van der Waals surface area contributed by atoms with E-state index in [4.69, 9.17) is 0 Å². The van der Waals surface area contributed by atoms with Gasteiger partial charge in [-0.3, -0.25) is 14.9 Å². The third-order valence-electron chi connectivity index (χ3n) is 4.95. The Morgan fingerprint density at radius 1 is 1.32 bits per heavy atom. The number of fused-ring (bicyclic) bond motifs is 2. The second-order valence-electron chi connectivity index (χ2n) is 6.25. The molecular weight excluding hydrogens is 282 g/mol. The molecule has 0 aliphatic heterocycles. The Bertz CT molecular complexity index is 641. The van der Waals surface area contributed by atoms with Crippen LogP contribution in [-0.4, -0.2) is 16.5 Å². The van der Waals surface area contributed by atoms with Gasteiger partial charge in [0.1, 0.15) is 5.56 Å². The molecule has 2 bridgehead atoms. The molecule has 0 aromatic heterocycles. The van der Waals surface area contributed by atoms with Gasteiger partial charge in [-0.2, -0.15) is 5.10 Å². The molecule has 6 heteroatoms. The molecule has 0 saturated heterocycles. The summed E-state index contributed by atoms with van der Waals surface area (Å²) < 4.78 is 0. The summed E-state index contributed by atoms with van der Waals surface area (Å²) in [6, 6.07) is 5.91. The Hall–Kier alpha value is -2.24. The number of hydrazone groups is 1. The predicted octanol–water partition coefficient (Wildman–Crippen LogP) is 3.14. The summed E-state index contributed by atoms with van der Waals surface area (Å²) in [6.07, 6.45) is 4.99. The van der Waals surface area contributed by atoms with Crippen LogP contribution < -0.4 is 5.43 Å². The van der Waals surface area contributed by atoms with E-state index in [1.165, 1.54) is 31.4 Å². The first-order chi connectivity index (χ1) is 10.6. The van der Waals surface area contributed by atoms with E-state index in [-0.39, 0.29) is 11.3 Å². The summed E-state index contributed by atoms with van der Waals surface area (Å²) in [6.45, 7) is 1.94. The molecule has 3 rings (SSSR count). The second kappa shape index (κ2) is 5.87. The van der Waals surface area contributed by atoms with Crippen LogP contribution in [0.25, 0.3) is 0 Å². The fourth-order valence-corrected chi connectivity index (χ4v) is 3.86. The quantitative estimate of drug-likeness (QED) is 0.526. The highest BCUT2D eigenvalue weighted by atomic mass is 16.6. The molecular formula is C16H19N3O3. The van der Waals surface area contributed by atoms with E-state index in [2.05, 4.69) is 10.5 Å². The van der Waals surface area contributed by atoms with Gasteiger partial charge in [-0.25, -0.2) is 5.43 Å². The smallest absolute Gasteiger partial charge is 0.267 e. The van der Waals surface area contributed by atoms with Gasteiger partial charge in [0.05, 0.1) is 4.92 Å². The summed E-state index contributed by atoms with van der Waals surface area (Å²) in [5.74, 6) is 1.42. The van der Waals surface area contributed by atoms with Gasteiger partial charge in [0.2, 0.25) is 0 Å². The molecule has 2 aliphatic rings. The van der Waals surface area contributed by atoms with Crippen molar-refractivity contribution in [2.75, 3.05) is 0 Å². The van der Waals surface area contributed by atoms with Crippen LogP contribution in [0.3, 0.4) is 0 Å². The Morgan fingerprint density at radius 3 is 2.73 bits per heavy atom. The normalized spacial score (nSPS) is 27.0. The monoisotopic (exact) mass is 301 g/mol. The van der Waals surface area contributed by atoms with E-state index in [1.54, 1.807) is 12.1 Å². The van der Waals surface area contributed by atoms with Gasteiger partial charge in [0.25, 0.3) is 11.6 Å². The molecule has 1 aromatic carbocycles. The summed E-state index contributed by atoms with van der Waals surface area (Å²) in [5, 5.41) is 15.1. The highest BCUT2D eigenvalue weighted by Gasteiger charge is 2.40. The van der Waals surface area contributed by atoms with Crippen LogP contribution in [-0.2, 0) is 0 Å². The number of rotatable bonds is 4. The number of amides is 1. The lowest BCUT2D eigenvalue weighted by molar-refractivity contribution is -0.385. The lowest BCUT2D eigenvalue weighted by Gasteiger charge is -2.21. The molecule has 22 heavy (non-hydrogen) atoms. The number of nitro benzene ring substituents is 1. The minimum atomic E-state index is -0.554. The molecule has 1 amide bonds. The number of carbonyl (C=O) groups is 1. The highest BCUT2D eigenvalue weighted by Crippen LogP contribution is 2.48. The summed E-state index contributed by atoms with van der Waals surface area (Å²) in [5.41, 5.74) is 3.24. The van der Waals surface area contributed by atoms with Crippen LogP contribution >= 0.6 is 0 Å². The number of hydrogen-bond acceptors (Lipinski definition) is 4.